The van der Waals surface area contributed by atoms with E-state index in [4.69, 9.17) is 0 Å². The zero-order valence-corrected chi connectivity index (χ0v) is 13.9. The third-order valence-corrected chi connectivity index (χ3v) is 5.63. The minimum Gasteiger partial charge on any atom is -0.358 e. The summed E-state index contributed by atoms with van der Waals surface area (Å²) >= 11 is 0. The molecule has 1 aromatic heterocycles. The molecule has 1 fully saturated rings. The number of aromatic nitrogens is 1. The number of benzene rings is 2. The molecule has 124 valence electrons. The Morgan fingerprint density at radius 2 is 1.68 bits per heavy atom. The minimum atomic E-state index is -0.380. The van der Waals surface area contributed by atoms with Crippen molar-refractivity contribution < 1.29 is 9.59 Å². The van der Waals surface area contributed by atoms with Gasteiger partial charge in [-0.15, -0.1) is 0 Å². The number of rotatable bonds is 1. The topological polar surface area (TPSA) is 53.2 Å². The van der Waals surface area contributed by atoms with Crippen molar-refractivity contribution in [1.82, 2.24) is 4.98 Å². The van der Waals surface area contributed by atoms with Crippen LogP contribution in [-0.2, 0) is 9.59 Å². The number of para-hydroxylation sites is 2. The monoisotopic (exact) mass is 330 g/mol. The maximum absolute atomic E-state index is 13.3. The number of fused-ring (bicyclic) bond motifs is 5. The molecule has 25 heavy (non-hydrogen) atoms. The molecule has 0 saturated carbocycles. The largest absolute Gasteiger partial charge is 0.358 e. The fourth-order valence-electron chi connectivity index (χ4n) is 4.53. The van der Waals surface area contributed by atoms with Crippen LogP contribution in [0.1, 0.15) is 36.4 Å². The molecular weight excluding hydrogens is 312 g/mol. The molecule has 1 saturated heterocycles. The molecule has 4 nitrogen and oxygen atoms in total. The summed E-state index contributed by atoms with van der Waals surface area (Å²) < 4.78 is 0. The second-order valence-corrected chi connectivity index (χ2v) is 7.07. The Kier molecular flexibility index (Phi) is 2.93. The number of H-pyrrole nitrogens is 1. The number of nitrogens with zero attached hydrogens (tertiary/aromatic N) is 1. The highest BCUT2D eigenvalue weighted by Crippen LogP contribution is 2.50. The van der Waals surface area contributed by atoms with Crippen molar-refractivity contribution in [1.29, 1.82) is 0 Å². The van der Waals surface area contributed by atoms with Crippen LogP contribution in [0.25, 0.3) is 10.9 Å². The van der Waals surface area contributed by atoms with Crippen LogP contribution in [-0.4, -0.2) is 16.8 Å². The molecule has 1 aliphatic carbocycles. The van der Waals surface area contributed by atoms with E-state index in [9.17, 15) is 9.59 Å². The van der Waals surface area contributed by atoms with Gasteiger partial charge < -0.3 is 4.98 Å². The SMILES string of the molecule is C[C@H]1C[C@@H]2C(=O)N(c3ccccc3)C(=O)[C@@H]2c2c1[nH]c1ccccc21. The highest BCUT2D eigenvalue weighted by molar-refractivity contribution is 6.24. The predicted molar refractivity (Wildman–Crippen MR) is 96.5 cm³/mol. The van der Waals surface area contributed by atoms with Crippen molar-refractivity contribution >= 4 is 28.4 Å². The molecule has 3 atom stereocenters. The zero-order chi connectivity index (χ0) is 17.1. The van der Waals surface area contributed by atoms with Crippen LogP contribution in [0.5, 0.6) is 0 Å². The number of nitrogens with one attached hydrogen (secondary N) is 1. The molecular formula is C21H18N2O2. The van der Waals surface area contributed by atoms with Crippen LogP contribution < -0.4 is 4.90 Å². The number of carbonyl (C=O) groups is 2. The maximum Gasteiger partial charge on any atom is 0.242 e. The third kappa shape index (κ3) is 1.88. The van der Waals surface area contributed by atoms with E-state index in [0.717, 1.165) is 22.2 Å². The van der Waals surface area contributed by atoms with Crippen LogP contribution in [0.2, 0.25) is 0 Å². The van der Waals surface area contributed by atoms with Crippen molar-refractivity contribution in [3.05, 3.63) is 65.9 Å². The smallest absolute Gasteiger partial charge is 0.242 e. The van der Waals surface area contributed by atoms with E-state index in [1.54, 1.807) is 0 Å². The summed E-state index contributed by atoms with van der Waals surface area (Å²) in [6, 6.07) is 17.3. The normalized spacial score (nSPS) is 25.3. The highest BCUT2D eigenvalue weighted by Gasteiger charge is 2.53. The number of anilines is 1. The number of aromatic amines is 1. The van der Waals surface area contributed by atoms with Gasteiger partial charge in [0.2, 0.25) is 11.8 Å². The first-order valence-corrected chi connectivity index (χ1v) is 8.70. The molecule has 0 unspecified atom stereocenters. The Morgan fingerprint density at radius 3 is 2.48 bits per heavy atom. The van der Waals surface area contributed by atoms with Gasteiger partial charge in [-0.25, -0.2) is 4.90 Å². The van der Waals surface area contributed by atoms with Gasteiger partial charge in [0.05, 0.1) is 17.5 Å². The van der Waals surface area contributed by atoms with Gasteiger partial charge in [-0.1, -0.05) is 43.3 Å². The molecule has 4 heteroatoms. The number of hydrogen-bond acceptors (Lipinski definition) is 2. The lowest BCUT2D eigenvalue weighted by Gasteiger charge is -2.27. The van der Waals surface area contributed by atoms with E-state index in [-0.39, 0.29) is 29.6 Å². The molecule has 0 bridgehead atoms. The minimum absolute atomic E-state index is 0.0658. The summed E-state index contributed by atoms with van der Waals surface area (Å²) in [5, 5.41) is 1.06. The second-order valence-electron chi connectivity index (χ2n) is 7.07. The van der Waals surface area contributed by atoms with E-state index in [1.165, 1.54) is 4.90 Å². The molecule has 0 radical (unpaired) electrons. The Labute approximate surface area is 145 Å². The number of carbonyl (C=O) groups excluding carboxylic acids is 2. The molecule has 5 rings (SSSR count). The Hall–Kier alpha value is -2.88. The quantitative estimate of drug-likeness (QED) is 0.687. The molecule has 0 spiro atoms. The molecule has 1 aliphatic heterocycles. The van der Waals surface area contributed by atoms with Gasteiger partial charge >= 0.3 is 0 Å². The van der Waals surface area contributed by atoms with Gasteiger partial charge in [0.15, 0.2) is 0 Å². The predicted octanol–water partition coefficient (Wildman–Crippen LogP) is 3.95. The second kappa shape index (κ2) is 5.06. The Bertz CT molecular complexity index is 1010. The van der Waals surface area contributed by atoms with Crippen molar-refractivity contribution in [2.45, 2.75) is 25.2 Å². The number of imide groups is 1. The Balaban J connectivity index is 1.71. The average molecular weight is 330 g/mol. The summed E-state index contributed by atoms with van der Waals surface area (Å²) in [4.78, 5) is 31.2. The lowest BCUT2D eigenvalue weighted by Crippen LogP contribution is -2.30. The van der Waals surface area contributed by atoms with E-state index >= 15 is 0 Å². The van der Waals surface area contributed by atoms with Crippen molar-refractivity contribution in [3.63, 3.8) is 0 Å². The number of amides is 2. The average Bonchev–Trinajstić information content (AvgIpc) is 3.13. The van der Waals surface area contributed by atoms with E-state index in [0.29, 0.717) is 12.1 Å². The summed E-state index contributed by atoms with van der Waals surface area (Å²) in [6.07, 6.45) is 0.707. The van der Waals surface area contributed by atoms with E-state index in [1.807, 2.05) is 54.6 Å². The van der Waals surface area contributed by atoms with Gasteiger partial charge in [0.1, 0.15) is 0 Å². The Morgan fingerprint density at radius 1 is 0.960 bits per heavy atom. The standard InChI is InChI=1S/C21H18N2O2/c1-12-11-15-18(17-14-9-5-6-10-16(14)22-19(12)17)21(25)23(20(15)24)13-7-3-2-4-8-13/h2-10,12,15,18,22H,11H2,1H3/t12-,15-,18-/m0/s1. The number of hydrogen-bond donors (Lipinski definition) is 1. The highest BCUT2D eigenvalue weighted by atomic mass is 16.2. The van der Waals surface area contributed by atoms with Crippen LogP contribution in [0, 0.1) is 5.92 Å². The lowest BCUT2D eigenvalue weighted by atomic mass is 9.74. The molecule has 2 heterocycles. The van der Waals surface area contributed by atoms with Crippen LogP contribution in [0.15, 0.2) is 54.6 Å². The van der Waals surface area contributed by atoms with Crippen molar-refractivity contribution in [2.24, 2.45) is 5.92 Å². The summed E-state index contributed by atoms with van der Waals surface area (Å²) in [5.74, 6) is -0.580. The summed E-state index contributed by atoms with van der Waals surface area (Å²) in [7, 11) is 0. The molecule has 2 amide bonds. The van der Waals surface area contributed by atoms with Gasteiger partial charge in [0, 0.05) is 16.6 Å². The van der Waals surface area contributed by atoms with Gasteiger partial charge in [-0.05, 0) is 36.1 Å². The van der Waals surface area contributed by atoms with E-state index < -0.39 is 0 Å². The fraction of sp³-hybridized carbons (Fsp3) is 0.238. The van der Waals surface area contributed by atoms with Gasteiger partial charge in [-0.2, -0.15) is 0 Å². The maximum atomic E-state index is 13.3. The van der Waals surface area contributed by atoms with Crippen LogP contribution in [0.3, 0.4) is 0 Å². The van der Waals surface area contributed by atoms with Gasteiger partial charge in [-0.3, -0.25) is 9.59 Å². The third-order valence-electron chi connectivity index (χ3n) is 5.63. The van der Waals surface area contributed by atoms with Gasteiger partial charge in [0.25, 0.3) is 0 Å². The first kappa shape index (κ1) is 14.5. The van der Waals surface area contributed by atoms with E-state index in [2.05, 4.69) is 11.9 Å². The summed E-state index contributed by atoms with van der Waals surface area (Å²) in [6.45, 7) is 2.13. The first-order valence-electron chi connectivity index (χ1n) is 8.70. The molecule has 2 aliphatic rings. The molecule has 2 aromatic carbocycles. The van der Waals surface area contributed by atoms with Crippen LogP contribution in [0.4, 0.5) is 5.69 Å². The fourth-order valence-corrected chi connectivity index (χ4v) is 4.53. The molecule has 3 aromatic rings. The zero-order valence-electron chi connectivity index (χ0n) is 13.9. The van der Waals surface area contributed by atoms with Crippen LogP contribution >= 0.6 is 0 Å². The molecule has 1 N–H and O–H groups in total. The summed E-state index contributed by atoms with van der Waals surface area (Å²) in [5.41, 5.74) is 3.84. The van der Waals surface area contributed by atoms with Crippen molar-refractivity contribution in [2.75, 3.05) is 4.90 Å². The first-order chi connectivity index (χ1) is 12.2. The van der Waals surface area contributed by atoms with Crippen molar-refractivity contribution in [3.8, 4) is 0 Å². The lowest BCUT2D eigenvalue weighted by molar-refractivity contribution is -0.122.